The van der Waals surface area contributed by atoms with E-state index in [4.69, 9.17) is 4.74 Å². The van der Waals surface area contributed by atoms with Crippen LogP contribution in [0.2, 0.25) is 0 Å². The molecule has 112 valence electrons. The van der Waals surface area contributed by atoms with E-state index in [0.717, 1.165) is 31.4 Å². The van der Waals surface area contributed by atoms with Crippen molar-refractivity contribution < 1.29 is 9.53 Å². The van der Waals surface area contributed by atoms with Crippen LogP contribution >= 0.6 is 0 Å². The summed E-state index contributed by atoms with van der Waals surface area (Å²) < 4.78 is 5.31. The van der Waals surface area contributed by atoms with Crippen LogP contribution in [-0.4, -0.2) is 18.1 Å². The molecule has 3 heteroatoms. The van der Waals surface area contributed by atoms with Crippen molar-refractivity contribution >= 4 is 11.7 Å². The maximum absolute atomic E-state index is 12.4. The van der Waals surface area contributed by atoms with Crippen LogP contribution < -0.4 is 5.32 Å². The number of carbonyl (C=O) groups excluding carboxylic acids is 1. The van der Waals surface area contributed by atoms with Gasteiger partial charge in [0.1, 0.15) is 5.54 Å². The highest BCUT2D eigenvalue weighted by Crippen LogP contribution is 2.27. The normalized spacial score (nSPS) is 11.2. The summed E-state index contributed by atoms with van der Waals surface area (Å²) in [5.74, 6) is -0.134. The molecule has 20 heavy (non-hydrogen) atoms. The molecule has 0 aliphatic heterocycles. The van der Waals surface area contributed by atoms with Crippen molar-refractivity contribution in [3.05, 3.63) is 29.8 Å². The fourth-order valence-electron chi connectivity index (χ4n) is 2.63. The topological polar surface area (TPSA) is 38.3 Å². The molecule has 0 saturated carbocycles. The molecule has 0 radical (unpaired) electrons. The van der Waals surface area contributed by atoms with E-state index in [1.807, 2.05) is 19.1 Å². The lowest BCUT2D eigenvalue weighted by atomic mass is 9.88. The van der Waals surface area contributed by atoms with Crippen LogP contribution in [0.25, 0.3) is 0 Å². The molecule has 1 N–H and O–H groups in total. The number of anilines is 1. The van der Waals surface area contributed by atoms with E-state index in [1.54, 1.807) is 0 Å². The predicted octanol–water partition coefficient (Wildman–Crippen LogP) is 4.31. The van der Waals surface area contributed by atoms with Crippen molar-refractivity contribution in [3.63, 3.8) is 0 Å². The third-order valence-electron chi connectivity index (χ3n) is 3.42. The van der Waals surface area contributed by atoms with E-state index in [-0.39, 0.29) is 5.97 Å². The molecule has 0 spiro atoms. The van der Waals surface area contributed by atoms with Crippen LogP contribution in [0.4, 0.5) is 5.69 Å². The molecule has 0 heterocycles. The molecule has 1 rings (SSSR count). The average molecular weight is 277 g/mol. The highest BCUT2D eigenvalue weighted by Gasteiger charge is 2.38. The molecule has 0 fully saturated rings. The Morgan fingerprint density at radius 1 is 1.20 bits per heavy atom. The van der Waals surface area contributed by atoms with Gasteiger partial charge in [0.2, 0.25) is 0 Å². The van der Waals surface area contributed by atoms with Crippen LogP contribution in [0.1, 0.15) is 52.0 Å². The molecule has 1 aromatic rings. The van der Waals surface area contributed by atoms with E-state index in [0.29, 0.717) is 6.61 Å². The third kappa shape index (κ3) is 4.26. The summed E-state index contributed by atoms with van der Waals surface area (Å²) >= 11 is 0. The van der Waals surface area contributed by atoms with Crippen LogP contribution in [-0.2, 0) is 9.53 Å². The van der Waals surface area contributed by atoms with E-state index in [9.17, 15) is 4.79 Å². The Bertz CT molecular complexity index is 423. The van der Waals surface area contributed by atoms with Crippen LogP contribution in [0.5, 0.6) is 0 Å². The maximum atomic E-state index is 12.4. The fraction of sp³-hybridized carbons (Fsp3) is 0.588. The van der Waals surface area contributed by atoms with Gasteiger partial charge in [0, 0.05) is 5.69 Å². The fourth-order valence-corrected chi connectivity index (χ4v) is 2.63. The quantitative estimate of drug-likeness (QED) is 0.720. The molecular formula is C17H27NO2. The van der Waals surface area contributed by atoms with Crippen LogP contribution in [0, 0.1) is 6.92 Å². The number of esters is 1. The van der Waals surface area contributed by atoms with E-state index in [1.165, 1.54) is 5.56 Å². The minimum absolute atomic E-state index is 0.134. The Kier molecular flexibility index (Phi) is 6.56. The summed E-state index contributed by atoms with van der Waals surface area (Å²) in [6, 6.07) is 8.13. The zero-order valence-electron chi connectivity index (χ0n) is 13.2. The Balaban J connectivity index is 3.04. The standard InChI is InChI=1S/C17H27NO2/c1-5-11-17(12-6-2,16(19)20-7-3)18-15-10-8-9-14(4)13-15/h8-10,13,18H,5-7,11-12H2,1-4H3. The second-order valence-corrected chi connectivity index (χ2v) is 5.30. The molecule has 0 aliphatic rings. The number of carbonyl (C=O) groups is 1. The molecule has 0 saturated heterocycles. The number of nitrogens with one attached hydrogen (secondary N) is 1. The Morgan fingerprint density at radius 2 is 1.85 bits per heavy atom. The maximum Gasteiger partial charge on any atom is 0.331 e. The van der Waals surface area contributed by atoms with Crippen molar-refractivity contribution in [1.82, 2.24) is 0 Å². The van der Waals surface area contributed by atoms with Crippen molar-refractivity contribution in [2.75, 3.05) is 11.9 Å². The van der Waals surface area contributed by atoms with Gasteiger partial charge in [-0.3, -0.25) is 0 Å². The summed E-state index contributed by atoms with van der Waals surface area (Å²) in [5.41, 5.74) is 1.56. The number of benzene rings is 1. The molecule has 0 atom stereocenters. The highest BCUT2D eigenvalue weighted by atomic mass is 16.5. The third-order valence-corrected chi connectivity index (χ3v) is 3.42. The first-order chi connectivity index (χ1) is 9.57. The minimum atomic E-state index is -0.604. The summed E-state index contributed by atoms with van der Waals surface area (Å²) in [6.07, 6.45) is 3.45. The molecular weight excluding hydrogens is 250 g/mol. The Labute approximate surface area is 122 Å². The van der Waals surface area contributed by atoms with Crippen molar-refractivity contribution in [3.8, 4) is 0 Å². The Hall–Kier alpha value is -1.51. The van der Waals surface area contributed by atoms with Gasteiger partial charge < -0.3 is 10.1 Å². The van der Waals surface area contributed by atoms with Crippen molar-refractivity contribution in [2.45, 2.75) is 58.9 Å². The van der Waals surface area contributed by atoms with Gasteiger partial charge in [-0.05, 0) is 44.4 Å². The number of aryl methyl sites for hydroxylation is 1. The number of hydrogen-bond acceptors (Lipinski definition) is 3. The van der Waals surface area contributed by atoms with Gasteiger partial charge in [-0.15, -0.1) is 0 Å². The molecule has 0 bridgehead atoms. The number of hydrogen-bond donors (Lipinski definition) is 1. The van der Waals surface area contributed by atoms with E-state index >= 15 is 0 Å². The highest BCUT2D eigenvalue weighted by molar-refractivity contribution is 5.84. The molecule has 0 amide bonds. The summed E-state index contributed by atoms with van der Waals surface area (Å²) in [6.45, 7) is 8.52. The first-order valence-electron chi connectivity index (χ1n) is 7.60. The zero-order valence-corrected chi connectivity index (χ0v) is 13.2. The second-order valence-electron chi connectivity index (χ2n) is 5.30. The van der Waals surface area contributed by atoms with Gasteiger partial charge in [0.05, 0.1) is 6.61 Å². The lowest BCUT2D eigenvalue weighted by molar-refractivity contribution is -0.149. The number of rotatable bonds is 8. The number of ether oxygens (including phenoxy) is 1. The van der Waals surface area contributed by atoms with Gasteiger partial charge in [0.15, 0.2) is 0 Å². The zero-order chi connectivity index (χ0) is 15.0. The van der Waals surface area contributed by atoms with Crippen LogP contribution in [0.15, 0.2) is 24.3 Å². The lowest BCUT2D eigenvalue weighted by Crippen LogP contribution is -2.47. The van der Waals surface area contributed by atoms with Gasteiger partial charge in [0.25, 0.3) is 0 Å². The largest absolute Gasteiger partial charge is 0.464 e. The summed E-state index contributed by atoms with van der Waals surface area (Å²) in [4.78, 5) is 12.4. The minimum Gasteiger partial charge on any atom is -0.464 e. The summed E-state index contributed by atoms with van der Waals surface area (Å²) in [5, 5.41) is 3.45. The van der Waals surface area contributed by atoms with Crippen LogP contribution in [0.3, 0.4) is 0 Å². The van der Waals surface area contributed by atoms with Gasteiger partial charge in [-0.2, -0.15) is 0 Å². The van der Waals surface area contributed by atoms with Gasteiger partial charge in [-0.25, -0.2) is 4.79 Å². The monoisotopic (exact) mass is 277 g/mol. The van der Waals surface area contributed by atoms with E-state index < -0.39 is 5.54 Å². The molecule has 1 aromatic carbocycles. The SMILES string of the molecule is CCCC(CCC)(Nc1cccc(C)c1)C(=O)OCC. The lowest BCUT2D eigenvalue weighted by Gasteiger charge is -2.33. The average Bonchev–Trinajstić information content (AvgIpc) is 2.39. The first kappa shape index (κ1) is 16.5. The van der Waals surface area contributed by atoms with Crippen molar-refractivity contribution in [2.24, 2.45) is 0 Å². The molecule has 0 aromatic heterocycles. The molecule has 3 nitrogen and oxygen atoms in total. The van der Waals surface area contributed by atoms with Gasteiger partial charge >= 0.3 is 5.97 Å². The second kappa shape index (κ2) is 7.93. The van der Waals surface area contributed by atoms with Gasteiger partial charge in [-0.1, -0.05) is 38.8 Å². The summed E-state index contributed by atoms with van der Waals surface area (Å²) in [7, 11) is 0. The smallest absolute Gasteiger partial charge is 0.331 e. The molecule has 0 aliphatic carbocycles. The van der Waals surface area contributed by atoms with Crippen molar-refractivity contribution in [1.29, 1.82) is 0 Å². The molecule has 0 unspecified atom stereocenters. The van der Waals surface area contributed by atoms with E-state index in [2.05, 4.69) is 38.2 Å². The first-order valence-corrected chi connectivity index (χ1v) is 7.60. The predicted molar refractivity (Wildman–Crippen MR) is 84.0 cm³/mol. The Morgan fingerprint density at radius 3 is 2.35 bits per heavy atom.